The lowest BCUT2D eigenvalue weighted by molar-refractivity contribution is -0.123. The van der Waals surface area contributed by atoms with Crippen molar-refractivity contribution in [3.63, 3.8) is 0 Å². The molecule has 30 heavy (non-hydrogen) atoms. The molecule has 0 atom stereocenters. The minimum Gasteiger partial charge on any atom is -0.493 e. The number of carboxylic acid groups (broad SMARTS) is 1. The van der Waals surface area contributed by atoms with Gasteiger partial charge in [-0.05, 0) is 35.0 Å². The second-order valence-corrected chi connectivity index (χ2v) is 6.16. The van der Waals surface area contributed by atoms with Crippen LogP contribution in [-0.4, -0.2) is 44.0 Å². The topological polar surface area (TPSA) is 106 Å². The summed E-state index contributed by atoms with van der Waals surface area (Å²) in [6.45, 7) is -0.243. The van der Waals surface area contributed by atoms with Gasteiger partial charge in [-0.2, -0.15) is 5.10 Å². The van der Waals surface area contributed by atoms with E-state index in [0.29, 0.717) is 5.75 Å². The number of aromatic carboxylic acids is 1. The van der Waals surface area contributed by atoms with E-state index in [1.807, 2.05) is 36.4 Å². The molecule has 0 unspecified atom stereocenters. The van der Waals surface area contributed by atoms with Crippen LogP contribution in [0.4, 0.5) is 0 Å². The maximum absolute atomic E-state index is 12.0. The number of fused-ring (bicyclic) bond motifs is 1. The molecule has 0 aliphatic carbocycles. The lowest BCUT2D eigenvalue weighted by Crippen LogP contribution is -2.24. The van der Waals surface area contributed by atoms with Gasteiger partial charge >= 0.3 is 5.97 Å². The molecule has 0 aromatic heterocycles. The molecule has 0 saturated carbocycles. The molecule has 0 radical (unpaired) electrons. The molecule has 0 heterocycles. The third kappa shape index (κ3) is 4.67. The van der Waals surface area contributed by atoms with Gasteiger partial charge in [-0.1, -0.05) is 30.3 Å². The second-order valence-electron chi connectivity index (χ2n) is 6.16. The maximum Gasteiger partial charge on any atom is 0.340 e. The average molecular weight is 408 g/mol. The number of hydrazone groups is 1. The Morgan fingerprint density at radius 1 is 1.03 bits per heavy atom. The summed E-state index contributed by atoms with van der Waals surface area (Å²) in [6, 6.07) is 16.4. The van der Waals surface area contributed by atoms with E-state index in [-0.39, 0.29) is 29.2 Å². The number of carbonyl (C=O) groups excluding carboxylic acids is 1. The highest BCUT2D eigenvalue weighted by Crippen LogP contribution is 2.32. The number of carbonyl (C=O) groups is 2. The number of hydrogen-bond donors (Lipinski definition) is 2. The standard InChI is InChI=1S/C22H20N2O6/c1-28-18-10-8-16(20(22(26)27)21(18)29-2)12-23-24-19(25)13-30-17-9-7-14-5-3-4-6-15(14)11-17/h3-12H,13H2,1-2H3,(H,24,25)(H,26,27)/b23-12-. The van der Waals surface area contributed by atoms with Crippen LogP contribution in [-0.2, 0) is 4.79 Å². The average Bonchev–Trinajstić information content (AvgIpc) is 2.76. The van der Waals surface area contributed by atoms with Crippen molar-refractivity contribution in [2.24, 2.45) is 5.10 Å². The zero-order valence-corrected chi connectivity index (χ0v) is 16.4. The summed E-state index contributed by atoms with van der Waals surface area (Å²) in [5.41, 5.74) is 2.43. The minimum absolute atomic E-state index is 0.0694. The number of amides is 1. The Bertz CT molecular complexity index is 1110. The quantitative estimate of drug-likeness (QED) is 0.438. The molecule has 154 valence electrons. The molecule has 0 fully saturated rings. The highest BCUT2D eigenvalue weighted by Gasteiger charge is 2.20. The predicted octanol–water partition coefficient (Wildman–Crippen LogP) is 3.08. The van der Waals surface area contributed by atoms with Crippen LogP contribution < -0.4 is 19.6 Å². The first-order valence-corrected chi connectivity index (χ1v) is 8.95. The van der Waals surface area contributed by atoms with Crippen LogP contribution in [0, 0.1) is 0 Å². The van der Waals surface area contributed by atoms with Crippen LogP contribution in [0.1, 0.15) is 15.9 Å². The van der Waals surface area contributed by atoms with Crippen LogP contribution in [0.2, 0.25) is 0 Å². The van der Waals surface area contributed by atoms with Crippen LogP contribution >= 0.6 is 0 Å². The van der Waals surface area contributed by atoms with E-state index in [0.717, 1.165) is 10.8 Å². The van der Waals surface area contributed by atoms with E-state index < -0.39 is 11.9 Å². The van der Waals surface area contributed by atoms with E-state index in [1.165, 1.54) is 26.5 Å². The summed E-state index contributed by atoms with van der Waals surface area (Å²) in [5.74, 6) is -0.796. The first-order valence-electron chi connectivity index (χ1n) is 8.95. The fourth-order valence-corrected chi connectivity index (χ4v) is 2.88. The van der Waals surface area contributed by atoms with Crippen LogP contribution in [0.5, 0.6) is 17.2 Å². The van der Waals surface area contributed by atoms with Gasteiger partial charge in [-0.15, -0.1) is 0 Å². The van der Waals surface area contributed by atoms with Crippen molar-refractivity contribution >= 4 is 28.9 Å². The minimum atomic E-state index is -1.21. The monoisotopic (exact) mass is 408 g/mol. The molecule has 8 heteroatoms. The van der Waals surface area contributed by atoms with E-state index >= 15 is 0 Å². The number of benzene rings is 3. The second kappa shape index (κ2) is 9.42. The number of carboxylic acids is 1. The molecule has 3 aromatic carbocycles. The molecular weight excluding hydrogens is 388 g/mol. The molecule has 0 aliphatic heterocycles. The molecule has 0 aliphatic rings. The molecule has 0 saturated heterocycles. The summed E-state index contributed by atoms with van der Waals surface area (Å²) in [5, 5.41) is 15.4. The number of hydrogen-bond acceptors (Lipinski definition) is 6. The Hall–Kier alpha value is -4.07. The third-order valence-electron chi connectivity index (χ3n) is 4.28. The van der Waals surface area contributed by atoms with Gasteiger partial charge in [0, 0.05) is 5.56 Å². The van der Waals surface area contributed by atoms with Gasteiger partial charge < -0.3 is 19.3 Å². The first kappa shape index (κ1) is 20.7. The van der Waals surface area contributed by atoms with E-state index in [4.69, 9.17) is 14.2 Å². The summed E-state index contributed by atoms with van der Waals surface area (Å²) in [4.78, 5) is 23.6. The van der Waals surface area contributed by atoms with Gasteiger partial charge in [0.15, 0.2) is 18.1 Å². The first-order chi connectivity index (χ1) is 14.5. The SMILES string of the molecule is COc1ccc(/C=N\NC(=O)COc2ccc3ccccc3c2)c(C(=O)O)c1OC. The number of methoxy groups -OCH3 is 2. The fraction of sp³-hybridized carbons (Fsp3) is 0.136. The van der Waals surface area contributed by atoms with Gasteiger partial charge in [-0.25, -0.2) is 10.2 Å². The van der Waals surface area contributed by atoms with Crippen molar-refractivity contribution in [3.05, 3.63) is 65.7 Å². The van der Waals surface area contributed by atoms with Gasteiger partial charge in [-0.3, -0.25) is 4.79 Å². The number of ether oxygens (including phenoxy) is 3. The van der Waals surface area contributed by atoms with E-state index in [9.17, 15) is 14.7 Å². The largest absolute Gasteiger partial charge is 0.493 e. The van der Waals surface area contributed by atoms with Gasteiger partial charge in [0.1, 0.15) is 11.3 Å². The Kier molecular flexibility index (Phi) is 6.49. The summed E-state index contributed by atoms with van der Waals surface area (Å²) in [7, 11) is 2.75. The molecule has 8 nitrogen and oxygen atoms in total. The fourth-order valence-electron chi connectivity index (χ4n) is 2.88. The smallest absolute Gasteiger partial charge is 0.340 e. The molecule has 3 rings (SSSR count). The maximum atomic E-state index is 12.0. The van der Waals surface area contributed by atoms with Crippen molar-refractivity contribution in [2.45, 2.75) is 0 Å². The molecule has 0 spiro atoms. The van der Waals surface area contributed by atoms with Crippen LogP contribution in [0.15, 0.2) is 59.7 Å². The number of nitrogens with one attached hydrogen (secondary N) is 1. The molecule has 0 bridgehead atoms. The summed E-state index contributed by atoms with van der Waals surface area (Å²) in [6.07, 6.45) is 1.22. The third-order valence-corrected chi connectivity index (χ3v) is 4.28. The van der Waals surface area contributed by atoms with Crippen molar-refractivity contribution in [1.29, 1.82) is 0 Å². The van der Waals surface area contributed by atoms with Crippen molar-refractivity contribution in [2.75, 3.05) is 20.8 Å². The zero-order valence-electron chi connectivity index (χ0n) is 16.4. The lowest BCUT2D eigenvalue weighted by Gasteiger charge is -2.12. The van der Waals surface area contributed by atoms with Crippen molar-refractivity contribution < 1.29 is 28.9 Å². The Balaban J connectivity index is 1.64. The Morgan fingerprint density at radius 3 is 2.50 bits per heavy atom. The van der Waals surface area contributed by atoms with Crippen LogP contribution in [0.3, 0.4) is 0 Å². The molecular formula is C22H20N2O6. The lowest BCUT2D eigenvalue weighted by atomic mass is 10.1. The van der Waals surface area contributed by atoms with E-state index in [2.05, 4.69) is 10.5 Å². The number of nitrogens with zero attached hydrogens (tertiary/aromatic N) is 1. The Morgan fingerprint density at radius 2 is 1.80 bits per heavy atom. The summed E-state index contributed by atoms with van der Waals surface area (Å²) < 4.78 is 15.7. The van der Waals surface area contributed by atoms with Crippen molar-refractivity contribution in [1.82, 2.24) is 5.43 Å². The molecule has 1 amide bonds. The zero-order chi connectivity index (χ0) is 21.5. The van der Waals surface area contributed by atoms with E-state index in [1.54, 1.807) is 12.1 Å². The molecule has 2 N–H and O–H groups in total. The highest BCUT2D eigenvalue weighted by atomic mass is 16.5. The number of rotatable bonds is 8. The Labute approximate surface area is 172 Å². The normalized spacial score (nSPS) is 10.7. The predicted molar refractivity (Wildman–Crippen MR) is 112 cm³/mol. The van der Waals surface area contributed by atoms with Gasteiger partial charge in [0.25, 0.3) is 5.91 Å². The van der Waals surface area contributed by atoms with Gasteiger partial charge in [0.05, 0.1) is 20.4 Å². The van der Waals surface area contributed by atoms with Gasteiger partial charge in [0.2, 0.25) is 0 Å². The summed E-state index contributed by atoms with van der Waals surface area (Å²) >= 11 is 0. The molecule has 3 aromatic rings. The van der Waals surface area contributed by atoms with Crippen LogP contribution in [0.25, 0.3) is 10.8 Å². The van der Waals surface area contributed by atoms with Crippen molar-refractivity contribution in [3.8, 4) is 17.2 Å². The highest BCUT2D eigenvalue weighted by molar-refractivity contribution is 6.02.